The van der Waals surface area contributed by atoms with Crippen molar-refractivity contribution in [2.24, 2.45) is 4.99 Å². The second-order valence-electron chi connectivity index (χ2n) is 7.33. The second kappa shape index (κ2) is 9.60. The molecule has 168 valence electrons. The number of aromatic nitrogens is 4. The van der Waals surface area contributed by atoms with E-state index in [1.54, 1.807) is 18.5 Å². The van der Waals surface area contributed by atoms with Gasteiger partial charge in [-0.05, 0) is 54.0 Å². The molecule has 1 aromatic carbocycles. The third-order valence-corrected chi connectivity index (χ3v) is 4.59. The van der Waals surface area contributed by atoms with Crippen LogP contribution in [-0.4, -0.2) is 32.3 Å². The zero-order chi connectivity index (χ0) is 23.3. The van der Waals surface area contributed by atoms with E-state index in [1.165, 1.54) is 18.2 Å². The molecule has 0 atom stereocenters. The summed E-state index contributed by atoms with van der Waals surface area (Å²) in [6.45, 7) is 3.01. The van der Waals surface area contributed by atoms with Crippen molar-refractivity contribution in [3.8, 4) is 0 Å². The van der Waals surface area contributed by atoms with Gasteiger partial charge in [-0.1, -0.05) is 24.3 Å². The number of nitrogens with zero attached hydrogens (tertiary/aromatic N) is 5. The predicted molar refractivity (Wildman–Crippen MR) is 121 cm³/mol. The molecule has 0 amide bonds. The number of rotatable bonds is 6. The van der Waals surface area contributed by atoms with Gasteiger partial charge < -0.3 is 10.6 Å². The van der Waals surface area contributed by atoms with Crippen LogP contribution in [0.1, 0.15) is 29.4 Å². The van der Waals surface area contributed by atoms with E-state index >= 15 is 0 Å². The zero-order valence-corrected chi connectivity index (χ0v) is 17.6. The maximum atomic E-state index is 13.0. The van der Waals surface area contributed by atoms with Crippen LogP contribution >= 0.6 is 0 Å². The van der Waals surface area contributed by atoms with E-state index in [0.717, 1.165) is 23.3 Å². The van der Waals surface area contributed by atoms with Gasteiger partial charge in [0.25, 0.3) is 0 Å². The SMILES string of the molecule is CC1=CC(Nc2nc(/C=C/c3cccc(C(F)(F)F)c3)nc(NCc3cccnc3)n2)=NC1. The Bertz CT molecular complexity index is 1220. The van der Waals surface area contributed by atoms with Crippen molar-refractivity contribution in [3.05, 3.63) is 83.0 Å². The lowest BCUT2D eigenvalue weighted by molar-refractivity contribution is -0.137. The fourth-order valence-corrected chi connectivity index (χ4v) is 3.00. The number of alkyl halides is 3. The molecule has 0 radical (unpaired) electrons. The lowest BCUT2D eigenvalue weighted by Crippen LogP contribution is -2.14. The molecule has 0 saturated heterocycles. The summed E-state index contributed by atoms with van der Waals surface area (Å²) in [5, 5.41) is 6.18. The van der Waals surface area contributed by atoms with Crippen molar-refractivity contribution in [2.45, 2.75) is 19.6 Å². The maximum Gasteiger partial charge on any atom is 0.416 e. The molecule has 0 spiro atoms. The normalized spacial score (nSPS) is 13.7. The molecule has 7 nitrogen and oxygen atoms in total. The number of nitrogens with one attached hydrogen (secondary N) is 2. The molecule has 0 fully saturated rings. The second-order valence-corrected chi connectivity index (χ2v) is 7.33. The number of halogens is 3. The van der Waals surface area contributed by atoms with Crippen LogP contribution < -0.4 is 10.6 Å². The molecule has 0 unspecified atom stereocenters. The first kappa shape index (κ1) is 22.1. The van der Waals surface area contributed by atoms with E-state index in [9.17, 15) is 13.2 Å². The standard InChI is InChI=1S/C23H20F3N7/c1-15-10-20(28-12-15)32-22-31-19(8-7-16-4-2-6-18(11-16)23(24,25)26)30-21(33-22)29-14-17-5-3-9-27-13-17/h2-11,13H,12,14H2,1H3,(H2,28,29,30,31,32,33)/b8-7+. The molecule has 10 heteroatoms. The molecule has 2 N–H and O–H groups in total. The number of hydrogen-bond acceptors (Lipinski definition) is 7. The Hall–Kier alpha value is -4.08. The highest BCUT2D eigenvalue weighted by Crippen LogP contribution is 2.29. The molecular weight excluding hydrogens is 431 g/mol. The Labute approximate surface area is 188 Å². The van der Waals surface area contributed by atoms with Gasteiger partial charge in [-0.3, -0.25) is 9.98 Å². The summed E-state index contributed by atoms with van der Waals surface area (Å²) >= 11 is 0. The summed E-state index contributed by atoms with van der Waals surface area (Å²) in [6, 6.07) is 8.77. The molecule has 4 rings (SSSR count). The van der Waals surface area contributed by atoms with Gasteiger partial charge in [0.05, 0.1) is 12.1 Å². The minimum atomic E-state index is -4.41. The molecule has 33 heavy (non-hydrogen) atoms. The van der Waals surface area contributed by atoms with Crippen LogP contribution in [0.4, 0.5) is 25.1 Å². The minimum absolute atomic E-state index is 0.270. The minimum Gasteiger partial charge on any atom is -0.350 e. The van der Waals surface area contributed by atoms with E-state index in [4.69, 9.17) is 0 Å². The molecule has 3 aromatic rings. The van der Waals surface area contributed by atoms with Gasteiger partial charge in [0.1, 0.15) is 5.84 Å². The summed E-state index contributed by atoms with van der Waals surface area (Å²) < 4.78 is 39.0. The molecule has 0 saturated carbocycles. The smallest absolute Gasteiger partial charge is 0.350 e. The van der Waals surface area contributed by atoms with Crippen molar-refractivity contribution >= 4 is 29.9 Å². The van der Waals surface area contributed by atoms with E-state index in [-0.39, 0.29) is 11.8 Å². The van der Waals surface area contributed by atoms with Crippen molar-refractivity contribution in [2.75, 3.05) is 17.2 Å². The van der Waals surface area contributed by atoms with E-state index < -0.39 is 11.7 Å². The van der Waals surface area contributed by atoms with Crippen molar-refractivity contribution in [1.29, 1.82) is 0 Å². The Morgan fingerprint density at radius 1 is 1.03 bits per heavy atom. The topological polar surface area (TPSA) is 88.0 Å². The first-order chi connectivity index (χ1) is 15.8. The van der Waals surface area contributed by atoms with E-state index in [1.807, 2.05) is 25.1 Å². The van der Waals surface area contributed by atoms with Crippen molar-refractivity contribution < 1.29 is 13.2 Å². The van der Waals surface area contributed by atoms with Crippen LogP contribution in [0.5, 0.6) is 0 Å². The average Bonchev–Trinajstić information content (AvgIpc) is 3.21. The Morgan fingerprint density at radius 3 is 2.61 bits per heavy atom. The van der Waals surface area contributed by atoms with Gasteiger partial charge in [-0.15, -0.1) is 0 Å². The molecule has 0 aliphatic carbocycles. The highest BCUT2D eigenvalue weighted by atomic mass is 19.4. The number of aliphatic imine (C=N–C) groups is 1. The molecular formula is C23H20F3N7. The lowest BCUT2D eigenvalue weighted by Gasteiger charge is -2.09. The van der Waals surface area contributed by atoms with Gasteiger partial charge in [-0.25, -0.2) is 0 Å². The van der Waals surface area contributed by atoms with Crippen LogP contribution in [0.15, 0.2) is 65.4 Å². The monoisotopic (exact) mass is 451 g/mol. The van der Waals surface area contributed by atoms with Crippen LogP contribution in [0, 0.1) is 0 Å². The number of amidine groups is 1. The third-order valence-electron chi connectivity index (χ3n) is 4.59. The Kier molecular flexibility index (Phi) is 6.43. The lowest BCUT2D eigenvalue weighted by atomic mass is 10.1. The van der Waals surface area contributed by atoms with Gasteiger partial charge in [0.15, 0.2) is 5.82 Å². The van der Waals surface area contributed by atoms with Gasteiger partial charge in [0.2, 0.25) is 11.9 Å². The first-order valence-electron chi connectivity index (χ1n) is 10.1. The quantitative estimate of drug-likeness (QED) is 0.558. The van der Waals surface area contributed by atoms with Crippen LogP contribution in [0.2, 0.25) is 0 Å². The number of pyridine rings is 1. The van der Waals surface area contributed by atoms with E-state index in [2.05, 4.69) is 35.6 Å². The van der Waals surface area contributed by atoms with Crippen molar-refractivity contribution in [3.63, 3.8) is 0 Å². The van der Waals surface area contributed by atoms with Gasteiger partial charge in [0, 0.05) is 18.9 Å². The van der Waals surface area contributed by atoms with Crippen molar-refractivity contribution in [1.82, 2.24) is 19.9 Å². The molecule has 1 aliphatic heterocycles. The summed E-state index contributed by atoms with van der Waals surface area (Å²) in [4.78, 5) is 21.5. The summed E-state index contributed by atoms with van der Waals surface area (Å²) in [6.07, 6.45) is 3.95. The summed E-state index contributed by atoms with van der Waals surface area (Å²) in [7, 11) is 0. The van der Waals surface area contributed by atoms with Gasteiger partial charge >= 0.3 is 6.18 Å². The fourth-order valence-electron chi connectivity index (χ4n) is 3.00. The zero-order valence-electron chi connectivity index (χ0n) is 17.6. The highest BCUT2D eigenvalue weighted by molar-refractivity contribution is 6.04. The molecule has 1 aliphatic rings. The van der Waals surface area contributed by atoms with E-state index in [0.29, 0.717) is 30.4 Å². The largest absolute Gasteiger partial charge is 0.416 e. The average molecular weight is 451 g/mol. The maximum absolute atomic E-state index is 13.0. The molecule has 3 heterocycles. The summed E-state index contributed by atoms with van der Waals surface area (Å²) in [5.41, 5.74) is 1.70. The predicted octanol–water partition coefficient (Wildman–Crippen LogP) is 4.84. The third kappa shape index (κ3) is 6.22. The number of benzene rings is 1. The number of anilines is 2. The fraction of sp³-hybridized carbons (Fsp3) is 0.174. The highest BCUT2D eigenvalue weighted by Gasteiger charge is 2.30. The Morgan fingerprint density at radius 2 is 1.88 bits per heavy atom. The summed E-state index contributed by atoms with van der Waals surface area (Å²) in [5.74, 6) is 1.48. The van der Waals surface area contributed by atoms with Crippen LogP contribution in [0.3, 0.4) is 0 Å². The Balaban J connectivity index is 1.59. The van der Waals surface area contributed by atoms with Crippen LogP contribution in [0.25, 0.3) is 12.2 Å². The van der Waals surface area contributed by atoms with Gasteiger partial charge in [-0.2, -0.15) is 28.1 Å². The van der Waals surface area contributed by atoms with Crippen LogP contribution in [-0.2, 0) is 12.7 Å². The first-order valence-corrected chi connectivity index (χ1v) is 10.1. The molecule has 2 aromatic heterocycles. The molecule has 0 bridgehead atoms. The number of hydrogen-bond donors (Lipinski definition) is 2.